The number of anilines is 1. The van der Waals surface area contributed by atoms with Gasteiger partial charge in [0.1, 0.15) is 5.75 Å². The van der Waals surface area contributed by atoms with Gasteiger partial charge in [0.05, 0.1) is 5.56 Å². The number of carbonyl (C=O) groups is 1. The summed E-state index contributed by atoms with van der Waals surface area (Å²) in [5, 5.41) is 13.5. The van der Waals surface area contributed by atoms with E-state index in [0.29, 0.717) is 16.0 Å². The maximum absolute atomic E-state index is 12.0. The van der Waals surface area contributed by atoms with Crippen LogP contribution in [-0.2, 0) is 5.33 Å². The molecule has 2 N–H and O–H groups in total. The molecule has 0 saturated heterocycles. The minimum atomic E-state index is -0.397. The largest absolute Gasteiger partial charge is 0.507 e. The molecule has 3 nitrogen and oxygen atoms in total. The van der Waals surface area contributed by atoms with E-state index in [2.05, 4.69) is 21.2 Å². The highest BCUT2D eigenvalue weighted by molar-refractivity contribution is 9.08. The van der Waals surface area contributed by atoms with Gasteiger partial charge in [0.2, 0.25) is 0 Å². The van der Waals surface area contributed by atoms with Crippen LogP contribution < -0.4 is 5.32 Å². The smallest absolute Gasteiger partial charge is 0.259 e. The fourth-order valence-electron chi connectivity index (χ4n) is 1.62. The Balaban J connectivity index is 2.23. The molecule has 2 rings (SSSR count). The quantitative estimate of drug-likeness (QED) is 0.823. The predicted molar refractivity (Wildman–Crippen MR) is 80.1 cm³/mol. The topological polar surface area (TPSA) is 49.3 Å². The first-order valence-corrected chi connectivity index (χ1v) is 7.05. The maximum atomic E-state index is 12.0. The highest BCUT2D eigenvalue weighted by Gasteiger charge is 2.12. The van der Waals surface area contributed by atoms with Crippen LogP contribution in [0.1, 0.15) is 15.9 Å². The normalized spacial score (nSPS) is 10.2. The SMILES string of the molecule is O=C(Nc1cccc(CBr)c1)c1cc(Cl)ccc1O. The van der Waals surface area contributed by atoms with Crippen molar-refractivity contribution < 1.29 is 9.90 Å². The lowest BCUT2D eigenvalue weighted by atomic mass is 10.1. The number of benzene rings is 2. The number of hydrogen-bond donors (Lipinski definition) is 2. The highest BCUT2D eigenvalue weighted by Crippen LogP contribution is 2.23. The molecule has 0 fully saturated rings. The van der Waals surface area contributed by atoms with Gasteiger partial charge in [0, 0.05) is 16.0 Å². The Labute approximate surface area is 124 Å². The monoisotopic (exact) mass is 339 g/mol. The number of rotatable bonds is 3. The highest BCUT2D eigenvalue weighted by atomic mass is 79.9. The van der Waals surface area contributed by atoms with Crippen molar-refractivity contribution in [2.24, 2.45) is 0 Å². The first-order chi connectivity index (χ1) is 9.10. The molecule has 0 heterocycles. The van der Waals surface area contributed by atoms with Crippen molar-refractivity contribution in [3.8, 4) is 5.75 Å². The standard InChI is InChI=1S/C14H11BrClNO2/c15-8-9-2-1-3-11(6-9)17-14(19)12-7-10(16)4-5-13(12)18/h1-7,18H,8H2,(H,17,19). The summed E-state index contributed by atoms with van der Waals surface area (Å²) in [6.45, 7) is 0. The van der Waals surface area contributed by atoms with E-state index in [1.165, 1.54) is 18.2 Å². The molecule has 0 aliphatic carbocycles. The number of nitrogens with one attached hydrogen (secondary N) is 1. The van der Waals surface area contributed by atoms with Crippen LogP contribution in [0.2, 0.25) is 5.02 Å². The van der Waals surface area contributed by atoms with Crippen LogP contribution in [0.15, 0.2) is 42.5 Å². The molecule has 0 bridgehead atoms. The van der Waals surface area contributed by atoms with Gasteiger partial charge in [-0.15, -0.1) is 0 Å². The number of carbonyl (C=O) groups excluding carboxylic acids is 1. The molecule has 5 heteroatoms. The lowest BCUT2D eigenvalue weighted by Gasteiger charge is -2.08. The van der Waals surface area contributed by atoms with Gasteiger partial charge in [0.25, 0.3) is 5.91 Å². The molecule has 0 unspecified atom stereocenters. The van der Waals surface area contributed by atoms with Crippen LogP contribution in [0.25, 0.3) is 0 Å². The average molecular weight is 341 g/mol. The second-order valence-electron chi connectivity index (χ2n) is 3.95. The number of alkyl halides is 1. The summed E-state index contributed by atoms with van der Waals surface area (Å²) in [5.41, 5.74) is 1.87. The Morgan fingerprint density at radius 3 is 2.79 bits per heavy atom. The van der Waals surface area contributed by atoms with Crippen LogP contribution >= 0.6 is 27.5 Å². The summed E-state index contributed by atoms with van der Waals surface area (Å²) in [4.78, 5) is 12.0. The lowest BCUT2D eigenvalue weighted by Crippen LogP contribution is -2.12. The second kappa shape index (κ2) is 6.08. The Hall–Kier alpha value is -1.52. The number of aromatic hydroxyl groups is 1. The van der Waals surface area contributed by atoms with Gasteiger partial charge in [-0.2, -0.15) is 0 Å². The molecule has 0 atom stereocenters. The van der Waals surface area contributed by atoms with Crippen molar-refractivity contribution in [3.05, 3.63) is 58.6 Å². The summed E-state index contributed by atoms with van der Waals surface area (Å²) in [6.07, 6.45) is 0. The summed E-state index contributed by atoms with van der Waals surface area (Å²) in [5.74, 6) is -0.495. The van der Waals surface area contributed by atoms with E-state index < -0.39 is 5.91 Å². The zero-order chi connectivity index (χ0) is 13.8. The molecule has 0 aliphatic heterocycles. The third kappa shape index (κ3) is 3.49. The van der Waals surface area contributed by atoms with Gasteiger partial charge in [-0.1, -0.05) is 39.7 Å². The fraction of sp³-hybridized carbons (Fsp3) is 0.0714. The third-order valence-corrected chi connectivity index (χ3v) is 3.42. The van der Waals surface area contributed by atoms with Crippen LogP contribution in [-0.4, -0.2) is 11.0 Å². The van der Waals surface area contributed by atoms with Crippen molar-refractivity contribution in [1.29, 1.82) is 0 Å². The molecule has 98 valence electrons. The van der Waals surface area contributed by atoms with E-state index in [0.717, 1.165) is 5.56 Å². The minimum Gasteiger partial charge on any atom is -0.507 e. The molecule has 19 heavy (non-hydrogen) atoms. The van der Waals surface area contributed by atoms with Crippen molar-refractivity contribution in [3.63, 3.8) is 0 Å². The first kappa shape index (κ1) is 13.9. The van der Waals surface area contributed by atoms with Gasteiger partial charge >= 0.3 is 0 Å². The predicted octanol–water partition coefficient (Wildman–Crippen LogP) is 4.19. The van der Waals surface area contributed by atoms with Crippen LogP contribution in [0.3, 0.4) is 0 Å². The lowest BCUT2D eigenvalue weighted by molar-refractivity contribution is 0.102. The van der Waals surface area contributed by atoms with Crippen LogP contribution in [0, 0.1) is 0 Å². The number of hydrogen-bond acceptors (Lipinski definition) is 2. The molecular weight excluding hydrogens is 330 g/mol. The Morgan fingerprint density at radius 1 is 1.26 bits per heavy atom. The summed E-state index contributed by atoms with van der Waals surface area (Å²) >= 11 is 9.17. The zero-order valence-electron chi connectivity index (χ0n) is 9.86. The molecule has 2 aromatic carbocycles. The minimum absolute atomic E-state index is 0.0986. The van der Waals surface area contributed by atoms with E-state index in [1.54, 1.807) is 6.07 Å². The summed E-state index contributed by atoms with van der Waals surface area (Å²) < 4.78 is 0. The Kier molecular flexibility index (Phi) is 4.45. The van der Waals surface area contributed by atoms with Gasteiger partial charge in [-0.25, -0.2) is 0 Å². The van der Waals surface area contributed by atoms with Crippen LogP contribution in [0.5, 0.6) is 5.75 Å². The molecule has 2 aromatic rings. The second-order valence-corrected chi connectivity index (χ2v) is 4.95. The summed E-state index contributed by atoms with van der Waals surface area (Å²) in [6, 6.07) is 11.8. The van der Waals surface area contributed by atoms with Gasteiger partial charge < -0.3 is 10.4 Å². The molecule has 0 saturated carbocycles. The maximum Gasteiger partial charge on any atom is 0.259 e. The molecule has 0 radical (unpaired) electrons. The fourth-order valence-corrected chi connectivity index (χ4v) is 2.14. The van der Waals surface area contributed by atoms with Gasteiger partial charge in [-0.05, 0) is 35.9 Å². The molecule has 0 spiro atoms. The molecular formula is C14H11BrClNO2. The zero-order valence-corrected chi connectivity index (χ0v) is 12.2. The van der Waals surface area contributed by atoms with Crippen LogP contribution in [0.4, 0.5) is 5.69 Å². The molecule has 0 aromatic heterocycles. The summed E-state index contributed by atoms with van der Waals surface area (Å²) in [7, 11) is 0. The Morgan fingerprint density at radius 2 is 2.05 bits per heavy atom. The van der Waals surface area contributed by atoms with Gasteiger partial charge in [-0.3, -0.25) is 4.79 Å². The molecule has 0 aliphatic rings. The number of phenolic OH excluding ortho intramolecular Hbond substituents is 1. The van der Waals surface area contributed by atoms with Crippen molar-refractivity contribution in [2.75, 3.05) is 5.32 Å². The van der Waals surface area contributed by atoms with E-state index in [1.807, 2.05) is 18.2 Å². The Bertz CT molecular complexity index is 616. The van der Waals surface area contributed by atoms with Gasteiger partial charge in [0.15, 0.2) is 0 Å². The number of halogens is 2. The van der Waals surface area contributed by atoms with Crippen molar-refractivity contribution in [2.45, 2.75) is 5.33 Å². The number of amides is 1. The molecule has 1 amide bonds. The number of phenols is 1. The van der Waals surface area contributed by atoms with E-state index in [9.17, 15) is 9.90 Å². The van der Waals surface area contributed by atoms with Crippen molar-refractivity contribution in [1.82, 2.24) is 0 Å². The van der Waals surface area contributed by atoms with E-state index in [4.69, 9.17) is 11.6 Å². The third-order valence-electron chi connectivity index (χ3n) is 2.54. The van der Waals surface area contributed by atoms with E-state index >= 15 is 0 Å². The first-order valence-electron chi connectivity index (χ1n) is 5.55. The average Bonchev–Trinajstić information content (AvgIpc) is 2.41. The van der Waals surface area contributed by atoms with E-state index in [-0.39, 0.29) is 11.3 Å². The van der Waals surface area contributed by atoms with Crippen molar-refractivity contribution >= 4 is 39.1 Å².